The fourth-order valence-corrected chi connectivity index (χ4v) is 4.55. The van der Waals surface area contributed by atoms with Crippen molar-refractivity contribution in [3.63, 3.8) is 0 Å². The van der Waals surface area contributed by atoms with Gasteiger partial charge in [-0.2, -0.15) is 0 Å². The Hall–Kier alpha value is -2.42. The van der Waals surface area contributed by atoms with Gasteiger partial charge >= 0.3 is 0 Å². The van der Waals surface area contributed by atoms with Crippen LogP contribution in [0, 0.1) is 0 Å². The van der Waals surface area contributed by atoms with Gasteiger partial charge in [0.05, 0.1) is 19.8 Å². The van der Waals surface area contributed by atoms with Gasteiger partial charge in [0.15, 0.2) is 0 Å². The molecule has 2 atom stereocenters. The van der Waals surface area contributed by atoms with Gasteiger partial charge < -0.3 is 24.3 Å². The molecule has 8 heteroatoms. The van der Waals surface area contributed by atoms with E-state index in [1.54, 1.807) is 13.2 Å². The van der Waals surface area contributed by atoms with Crippen molar-refractivity contribution in [2.75, 3.05) is 46.6 Å². The molecule has 0 radical (unpaired) electrons. The summed E-state index contributed by atoms with van der Waals surface area (Å²) in [6.07, 6.45) is 3.62. The number of nitrogens with one attached hydrogen (secondary N) is 1. The van der Waals surface area contributed by atoms with Crippen LogP contribution in [0.1, 0.15) is 50.0 Å². The number of carbonyl (C=O) groups is 1. The Kier molecular flexibility index (Phi) is 8.59. The van der Waals surface area contributed by atoms with Gasteiger partial charge in [0.2, 0.25) is 0 Å². The van der Waals surface area contributed by atoms with Crippen LogP contribution in [-0.2, 0) is 9.47 Å². The third-order valence-electron chi connectivity index (χ3n) is 6.45. The lowest BCUT2D eigenvalue weighted by molar-refractivity contribution is 0.0881. The van der Waals surface area contributed by atoms with Gasteiger partial charge in [-0.3, -0.25) is 9.69 Å². The van der Waals surface area contributed by atoms with Crippen molar-refractivity contribution in [3.8, 4) is 11.5 Å². The Labute approximate surface area is 201 Å². The molecule has 1 aromatic carbocycles. The van der Waals surface area contributed by atoms with E-state index < -0.39 is 0 Å². The fourth-order valence-electron chi connectivity index (χ4n) is 4.55. The number of rotatable bonds is 10. The summed E-state index contributed by atoms with van der Waals surface area (Å²) in [6, 6.07) is 8.09. The van der Waals surface area contributed by atoms with Crippen molar-refractivity contribution < 1.29 is 23.7 Å². The monoisotopic (exact) mass is 471 g/mol. The average molecular weight is 472 g/mol. The van der Waals surface area contributed by atoms with Crippen LogP contribution in [0.15, 0.2) is 24.3 Å². The zero-order chi connectivity index (χ0) is 23.9. The van der Waals surface area contributed by atoms with E-state index >= 15 is 0 Å². The number of pyridine rings is 1. The molecular formula is C26H37N3O5. The van der Waals surface area contributed by atoms with Crippen molar-refractivity contribution >= 4 is 16.8 Å². The SMILES string of the molecule is COCCCOc1cc(C(=O)N[C@@H]2CCCN(C(C)C)C2)nc2c(O[C@@H]3CCOC3)cccc12. The maximum absolute atomic E-state index is 13.3. The molecule has 2 fully saturated rings. The summed E-state index contributed by atoms with van der Waals surface area (Å²) in [4.78, 5) is 20.4. The Morgan fingerprint density at radius 3 is 2.91 bits per heavy atom. The maximum Gasteiger partial charge on any atom is 0.270 e. The first-order valence-corrected chi connectivity index (χ1v) is 12.4. The number of carbonyl (C=O) groups excluding carboxylic acids is 1. The van der Waals surface area contributed by atoms with Crippen molar-refractivity contribution in [1.29, 1.82) is 0 Å². The minimum absolute atomic E-state index is 0.0137. The molecule has 3 heterocycles. The molecule has 2 aliphatic heterocycles. The average Bonchev–Trinajstić information content (AvgIpc) is 3.35. The number of likely N-dealkylation sites (tertiary alicyclic amines) is 1. The first-order valence-electron chi connectivity index (χ1n) is 12.4. The predicted molar refractivity (Wildman–Crippen MR) is 131 cm³/mol. The van der Waals surface area contributed by atoms with Gasteiger partial charge in [0, 0.05) is 56.6 Å². The van der Waals surface area contributed by atoms with Gasteiger partial charge in [-0.05, 0) is 45.4 Å². The molecule has 0 bridgehead atoms. The third-order valence-corrected chi connectivity index (χ3v) is 6.45. The molecule has 1 aromatic heterocycles. The van der Waals surface area contributed by atoms with Gasteiger partial charge in [0.25, 0.3) is 5.91 Å². The highest BCUT2D eigenvalue weighted by atomic mass is 16.5. The minimum atomic E-state index is -0.182. The van der Waals surface area contributed by atoms with E-state index in [1.807, 2.05) is 18.2 Å². The molecule has 1 N–H and O–H groups in total. The van der Waals surface area contributed by atoms with Crippen molar-refractivity contribution in [3.05, 3.63) is 30.0 Å². The summed E-state index contributed by atoms with van der Waals surface area (Å²) in [7, 11) is 1.67. The lowest BCUT2D eigenvalue weighted by Gasteiger charge is -2.35. The largest absolute Gasteiger partial charge is 0.493 e. The van der Waals surface area contributed by atoms with Crippen LogP contribution in [0.3, 0.4) is 0 Å². The number of para-hydroxylation sites is 1. The Bertz CT molecular complexity index is 961. The summed E-state index contributed by atoms with van der Waals surface area (Å²) in [6.45, 7) is 8.67. The highest BCUT2D eigenvalue weighted by Crippen LogP contribution is 2.33. The van der Waals surface area contributed by atoms with Crippen LogP contribution in [0.5, 0.6) is 11.5 Å². The Morgan fingerprint density at radius 2 is 2.15 bits per heavy atom. The lowest BCUT2D eigenvalue weighted by Crippen LogP contribution is -2.49. The minimum Gasteiger partial charge on any atom is -0.493 e. The van der Waals surface area contributed by atoms with Crippen LogP contribution >= 0.6 is 0 Å². The predicted octanol–water partition coefficient (Wildman–Crippen LogP) is 3.42. The summed E-state index contributed by atoms with van der Waals surface area (Å²) in [5.74, 6) is 1.10. The smallest absolute Gasteiger partial charge is 0.270 e. The highest BCUT2D eigenvalue weighted by Gasteiger charge is 2.25. The van der Waals surface area contributed by atoms with E-state index in [0.717, 1.165) is 44.2 Å². The van der Waals surface area contributed by atoms with E-state index in [0.29, 0.717) is 55.2 Å². The fraction of sp³-hybridized carbons (Fsp3) is 0.615. The van der Waals surface area contributed by atoms with E-state index in [9.17, 15) is 4.79 Å². The number of nitrogens with zero attached hydrogens (tertiary/aromatic N) is 2. The van der Waals surface area contributed by atoms with Crippen molar-refractivity contribution in [1.82, 2.24) is 15.2 Å². The van der Waals surface area contributed by atoms with E-state index in [4.69, 9.17) is 23.9 Å². The van der Waals surface area contributed by atoms with Gasteiger partial charge in [-0.15, -0.1) is 0 Å². The summed E-state index contributed by atoms with van der Waals surface area (Å²) in [5, 5.41) is 4.03. The summed E-state index contributed by atoms with van der Waals surface area (Å²) >= 11 is 0. The summed E-state index contributed by atoms with van der Waals surface area (Å²) < 4.78 is 22.9. The number of amides is 1. The molecule has 2 saturated heterocycles. The van der Waals surface area contributed by atoms with E-state index in [2.05, 4.69) is 24.1 Å². The second-order valence-electron chi connectivity index (χ2n) is 9.36. The van der Waals surface area contributed by atoms with Crippen LogP contribution < -0.4 is 14.8 Å². The Morgan fingerprint density at radius 1 is 1.26 bits per heavy atom. The number of fused-ring (bicyclic) bond motifs is 1. The third kappa shape index (κ3) is 6.17. The molecular weight excluding hydrogens is 434 g/mol. The quantitative estimate of drug-likeness (QED) is 0.532. The number of aromatic nitrogens is 1. The Balaban J connectivity index is 1.59. The normalized spacial score (nSPS) is 21.2. The van der Waals surface area contributed by atoms with Crippen LogP contribution in [-0.4, -0.2) is 80.6 Å². The molecule has 186 valence electrons. The number of hydrogen-bond donors (Lipinski definition) is 1. The van der Waals surface area contributed by atoms with Gasteiger partial charge in [0.1, 0.15) is 28.8 Å². The number of hydrogen-bond acceptors (Lipinski definition) is 7. The molecule has 2 aliphatic rings. The topological polar surface area (TPSA) is 82.2 Å². The molecule has 34 heavy (non-hydrogen) atoms. The van der Waals surface area contributed by atoms with Gasteiger partial charge in [-0.1, -0.05) is 6.07 Å². The van der Waals surface area contributed by atoms with E-state index in [1.165, 1.54) is 0 Å². The zero-order valence-electron chi connectivity index (χ0n) is 20.5. The lowest BCUT2D eigenvalue weighted by atomic mass is 10.0. The first kappa shape index (κ1) is 24.7. The summed E-state index contributed by atoms with van der Waals surface area (Å²) in [5.41, 5.74) is 0.978. The van der Waals surface area contributed by atoms with Crippen LogP contribution in [0.2, 0.25) is 0 Å². The second kappa shape index (κ2) is 11.8. The molecule has 8 nitrogen and oxygen atoms in total. The molecule has 0 spiro atoms. The number of piperidine rings is 1. The molecule has 1 amide bonds. The van der Waals surface area contributed by atoms with Crippen molar-refractivity contribution in [2.45, 2.75) is 57.7 Å². The van der Waals surface area contributed by atoms with Crippen LogP contribution in [0.25, 0.3) is 10.9 Å². The zero-order valence-corrected chi connectivity index (χ0v) is 20.5. The highest BCUT2D eigenvalue weighted by molar-refractivity contribution is 5.98. The number of benzene rings is 1. The molecule has 0 aliphatic carbocycles. The maximum atomic E-state index is 13.3. The molecule has 0 unspecified atom stereocenters. The molecule has 0 saturated carbocycles. The molecule has 2 aromatic rings. The standard InChI is InChI=1S/C26H37N3O5/c1-18(2)29-11-5-7-19(16-29)27-26(30)22-15-24(33-13-6-12-31-3)21-8-4-9-23(25(21)28-22)34-20-10-14-32-17-20/h4,8-9,15,18-20H,5-7,10-14,16-17H2,1-3H3,(H,27,30)/t19-,20-/m1/s1. The molecule has 4 rings (SSSR count). The number of ether oxygens (including phenoxy) is 4. The number of methoxy groups -OCH3 is 1. The van der Waals surface area contributed by atoms with Gasteiger partial charge in [-0.25, -0.2) is 4.98 Å². The first-order chi connectivity index (χ1) is 16.5. The van der Waals surface area contributed by atoms with Crippen molar-refractivity contribution in [2.24, 2.45) is 0 Å². The van der Waals surface area contributed by atoms with Crippen LogP contribution in [0.4, 0.5) is 0 Å². The second-order valence-corrected chi connectivity index (χ2v) is 9.36. The van der Waals surface area contributed by atoms with E-state index in [-0.39, 0.29) is 18.1 Å².